The molecule has 14 heteroatoms. The molecule has 2 heterocycles. The number of rotatable bonds is 6. The van der Waals surface area contributed by atoms with Crippen LogP contribution in [0.3, 0.4) is 0 Å². The van der Waals surface area contributed by atoms with Crippen LogP contribution in [0, 0.1) is 11.6 Å². The van der Waals surface area contributed by atoms with Gasteiger partial charge < -0.3 is 25.0 Å². The fourth-order valence-corrected chi connectivity index (χ4v) is 5.44. The first-order chi connectivity index (χ1) is 17.5. The third-order valence-electron chi connectivity index (χ3n) is 5.77. The van der Waals surface area contributed by atoms with Gasteiger partial charge in [0, 0.05) is 29.6 Å². The normalized spacial score (nSPS) is 23.8. The quantitative estimate of drug-likeness (QED) is 0.384. The van der Waals surface area contributed by atoms with E-state index in [2.05, 4.69) is 10.3 Å². The Balaban J connectivity index is 1.67. The van der Waals surface area contributed by atoms with Crippen LogP contribution >= 0.6 is 35.0 Å². The third-order valence-corrected chi connectivity index (χ3v) is 7.58. The molecule has 1 aliphatic rings. The van der Waals surface area contributed by atoms with Gasteiger partial charge in [-0.2, -0.15) is 0 Å². The number of thioether (sulfide) groups is 1. The number of amides is 1. The van der Waals surface area contributed by atoms with E-state index >= 15 is 0 Å². The number of aliphatic hydroxyl groups excluding tert-OH is 3. The second kappa shape index (κ2) is 11.2. The van der Waals surface area contributed by atoms with Crippen molar-refractivity contribution in [1.82, 2.24) is 19.9 Å². The fourth-order valence-electron chi connectivity index (χ4n) is 3.87. The molecule has 1 saturated heterocycles. The van der Waals surface area contributed by atoms with Crippen molar-refractivity contribution in [1.29, 1.82) is 0 Å². The maximum Gasteiger partial charge on any atom is 0.254 e. The van der Waals surface area contributed by atoms with Gasteiger partial charge in [-0.3, -0.25) is 4.79 Å². The molecule has 0 bridgehead atoms. The molecule has 0 spiro atoms. The van der Waals surface area contributed by atoms with E-state index in [-0.39, 0.29) is 17.2 Å². The predicted molar refractivity (Wildman–Crippen MR) is 133 cm³/mol. The molecule has 0 radical (unpaired) electrons. The van der Waals surface area contributed by atoms with Gasteiger partial charge in [0.15, 0.2) is 0 Å². The largest absolute Gasteiger partial charge is 0.394 e. The number of carbonyl (C=O) groups is 1. The molecule has 1 fully saturated rings. The summed E-state index contributed by atoms with van der Waals surface area (Å²) in [6, 6.07) is 5.45. The Morgan fingerprint density at radius 3 is 2.46 bits per heavy atom. The zero-order valence-electron chi connectivity index (χ0n) is 19.4. The summed E-state index contributed by atoms with van der Waals surface area (Å²) in [4.78, 5) is 14.5. The molecule has 0 aliphatic carbocycles. The third kappa shape index (κ3) is 5.60. The molecule has 1 amide bonds. The number of aromatic nitrogens is 3. The highest BCUT2D eigenvalue weighted by Gasteiger charge is 2.46. The molecule has 5 atom stereocenters. The minimum absolute atomic E-state index is 0.0390. The maximum absolute atomic E-state index is 13.9. The molecule has 3 N–H and O–H groups in total. The van der Waals surface area contributed by atoms with Crippen LogP contribution in [0.4, 0.5) is 8.78 Å². The number of halogens is 4. The number of benzene rings is 2. The zero-order chi connectivity index (χ0) is 27.0. The lowest BCUT2D eigenvalue weighted by Gasteiger charge is -2.41. The minimum Gasteiger partial charge on any atom is -0.394 e. The number of aliphatic hydroxyl groups is 3. The van der Waals surface area contributed by atoms with Crippen LogP contribution in [-0.4, -0.2) is 85.6 Å². The summed E-state index contributed by atoms with van der Waals surface area (Å²) >= 11 is 12.7. The average molecular weight is 575 g/mol. The van der Waals surface area contributed by atoms with Gasteiger partial charge >= 0.3 is 0 Å². The number of nitrogens with zero attached hydrogens (tertiary/aromatic N) is 4. The van der Waals surface area contributed by atoms with Crippen molar-refractivity contribution in [3.63, 3.8) is 0 Å². The lowest BCUT2D eigenvalue weighted by atomic mass is 9.97. The number of hydrogen-bond acceptors (Lipinski definition) is 8. The van der Waals surface area contributed by atoms with Crippen molar-refractivity contribution in [3.05, 3.63) is 63.8 Å². The standard InChI is InChI=1S/C23H22Cl2F2N4O5S/c1-30(2)22(35)12-4-3-11(24)7-17(12)37-23-21(34)19(20(33)16(9-32)36-23)31-8-15(28-29-31)10-5-13(26)18(25)14(27)6-10/h3-8,16,19-21,23,32-34H,9H2,1-2H3. The average Bonchev–Trinajstić information content (AvgIpc) is 3.33. The Hall–Kier alpha value is -2.32. The molecule has 3 aromatic rings. The molecule has 198 valence electrons. The molecule has 5 unspecified atom stereocenters. The van der Waals surface area contributed by atoms with Gasteiger partial charge in [0.2, 0.25) is 0 Å². The van der Waals surface area contributed by atoms with Crippen LogP contribution in [0.15, 0.2) is 41.4 Å². The molecule has 4 rings (SSSR count). The molecule has 1 aliphatic heterocycles. The van der Waals surface area contributed by atoms with Crippen molar-refractivity contribution in [2.45, 2.75) is 34.7 Å². The summed E-state index contributed by atoms with van der Waals surface area (Å²) in [5.74, 6) is -2.28. The van der Waals surface area contributed by atoms with E-state index in [1.165, 1.54) is 11.1 Å². The Morgan fingerprint density at radius 1 is 1.16 bits per heavy atom. The number of hydrogen-bond donors (Lipinski definition) is 3. The number of carbonyl (C=O) groups excluding carboxylic acids is 1. The van der Waals surface area contributed by atoms with Crippen LogP contribution in [0.5, 0.6) is 0 Å². The lowest BCUT2D eigenvalue weighted by molar-refractivity contribution is -0.178. The first kappa shape index (κ1) is 27.7. The molecule has 37 heavy (non-hydrogen) atoms. The molecular weight excluding hydrogens is 553 g/mol. The number of ether oxygens (including phenoxy) is 1. The van der Waals surface area contributed by atoms with E-state index in [0.717, 1.165) is 28.6 Å². The van der Waals surface area contributed by atoms with Gasteiger partial charge in [-0.25, -0.2) is 13.5 Å². The summed E-state index contributed by atoms with van der Waals surface area (Å²) in [5, 5.41) is 39.4. The maximum atomic E-state index is 13.9. The first-order valence-corrected chi connectivity index (χ1v) is 12.5. The van der Waals surface area contributed by atoms with Crippen molar-refractivity contribution in [3.8, 4) is 11.3 Å². The monoisotopic (exact) mass is 574 g/mol. The Bertz CT molecular complexity index is 1290. The van der Waals surface area contributed by atoms with Gasteiger partial charge in [-0.1, -0.05) is 40.2 Å². The lowest BCUT2D eigenvalue weighted by Crippen LogP contribution is -2.55. The van der Waals surface area contributed by atoms with E-state index < -0.39 is 53.1 Å². The van der Waals surface area contributed by atoms with Gasteiger partial charge in [0.05, 0.1) is 18.4 Å². The topological polar surface area (TPSA) is 121 Å². The smallest absolute Gasteiger partial charge is 0.254 e. The van der Waals surface area contributed by atoms with Gasteiger partial charge in [0.25, 0.3) is 5.91 Å². The highest BCUT2D eigenvalue weighted by molar-refractivity contribution is 8.00. The van der Waals surface area contributed by atoms with Crippen LogP contribution < -0.4 is 0 Å². The highest BCUT2D eigenvalue weighted by atomic mass is 35.5. The van der Waals surface area contributed by atoms with Crippen LogP contribution in [0.2, 0.25) is 10.0 Å². The molecule has 1 aromatic heterocycles. The molecule has 9 nitrogen and oxygen atoms in total. The SMILES string of the molecule is CN(C)C(=O)c1ccc(Cl)cc1SC1OC(CO)C(O)C(n2cc(-c3cc(F)c(Cl)c(F)c3)nn2)C1O. The summed E-state index contributed by atoms with van der Waals surface area (Å²) in [6.45, 7) is -0.588. The van der Waals surface area contributed by atoms with E-state index in [0.29, 0.717) is 15.5 Å². The van der Waals surface area contributed by atoms with Crippen molar-refractivity contribution < 1.29 is 33.6 Å². The van der Waals surface area contributed by atoms with Crippen molar-refractivity contribution in [2.24, 2.45) is 0 Å². The van der Waals surface area contributed by atoms with E-state index in [4.69, 9.17) is 27.9 Å². The van der Waals surface area contributed by atoms with E-state index in [1.54, 1.807) is 32.3 Å². The van der Waals surface area contributed by atoms with Gasteiger partial charge in [-0.05, 0) is 30.3 Å². The van der Waals surface area contributed by atoms with Crippen LogP contribution in [-0.2, 0) is 4.74 Å². The van der Waals surface area contributed by atoms with Crippen LogP contribution in [0.1, 0.15) is 16.4 Å². The second-order valence-corrected chi connectivity index (χ2v) is 10.4. The Morgan fingerprint density at radius 2 is 1.84 bits per heavy atom. The van der Waals surface area contributed by atoms with Gasteiger partial charge in [0.1, 0.15) is 52.1 Å². The van der Waals surface area contributed by atoms with Crippen molar-refractivity contribution >= 4 is 40.9 Å². The van der Waals surface area contributed by atoms with E-state index in [9.17, 15) is 28.9 Å². The molecule has 2 aromatic carbocycles. The summed E-state index contributed by atoms with van der Waals surface area (Å²) < 4.78 is 34.8. The predicted octanol–water partition coefficient (Wildman–Crippen LogP) is 3.00. The zero-order valence-corrected chi connectivity index (χ0v) is 21.8. The Kier molecular flexibility index (Phi) is 8.38. The fraction of sp³-hybridized carbons (Fsp3) is 0.348. The van der Waals surface area contributed by atoms with Crippen LogP contribution in [0.25, 0.3) is 11.3 Å². The first-order valence-electron chi connectivity index (χ1n) is 10.9. The van der Waals surface area contributed by atoms with Gasteiger partial charge in [-0.15, -0.1) is 5.10 Å². The summed E-state index contributed by atoms with van der Waals surface area (Å²) in [5.41, 5.74) is -0.667. The van der Waals surface area contributed by atoms with E-state index in [1.807, 2.05) is 0 Å². The molecule has 0 saturated carbocycles. The Labute approximate surface area is 224 Å². The summed E-state index contributed by atoms with van der Waals surface area (Å²) in [7, 11) is 3.18. The van der Waals surface area contributed by atoms with Crippen molar-refractivity contribution in [2.75, 3.05) is 20.7 Å². The second-order valence-electron chi connectivity index (χ2n) is 8.49. The summed E-state index contributed by atoms with van der Waals surface area (Å²) in [6.07, 6.45) is -2.68. The highest BCUT2D eigenvalue weighted by Crippen LogP contribution is 2.40. The minimum atomic E-state index is -1.42. The molecular formula is C23H22Cl2F2N4O5S.